The minimum Gasteiger partial charge on any atom is -0.303 e. The molecule has 2 rings (SSSR count). The van der Waals surface area contributed by atoms with Crippen molar-refractivity contribution in [3.05, 3.63) is 42.0 Å². The van der Waals surface area contributed by atoms with Crippen molar-refractivity contribution >= 4 is 6.08 Å². The molecule has 24 heavy (non-hydrogen) atoms. The van der Waals surface area contributed by atoms with Gasteiger partial charge in [0.25, 0.3) is 0 Å². The van der Waals surface area contributed by atoms with Gasteiger partial charge in [-0.3, -0.25) is 0 Å². The lowest BCUT2D eigenvalue weighted by molar-refractivity contribution is 0.162. The summed E-state index contributed by atoms with van der Waals surface area (Å²) in [5.74, 6) is 1.05. The van der Waals surface area contributed by atoms with Crippen LogP contribution < -0.4 is 0 Å². The molecule has 0 spiro atoms. The van der Waals surface area contributed by atoms with Gasteiger partial charge in [0.1, 0.15) is 0 Å². The standard InChI is InChI=1S/C13H27N.C10H12/c1-4-6-12-7-9-13(10-8-12)14(3)11-5-2;1-3-9-5-7-10(4-2)8-6-9/h12-13H,4-11H2,1-3H3;3,5-8H,1,4H2,2H3. The Hall–Kier alpha value is -1.08. The normalized spacial score (nSPS) is 20.4. The fraction of sp³-hybridized carbons (Fsp3) is 0.652. The van der Waals surface area contributed by atoms with Gasteiger partial charge in [-0.15, -0.1) is 0 Å². The third kappa shape index (κ3) is 7.66. The summed E-state index contributed by atoms with van der Waals surface area (Å²) in [4.78, 5) is 2.57. The highest BCUT2D eigenvalue weighted by Gasteiger charge is 2.22. The lowest BCUT2D eigenvalue weighted by Gasteiger charge is -2.34. The molecular formula is C23H39N. The van der Waals surface area contributed by atoms with E-state index in [1.165, 1.54) is 62.6 Å². The van der Waals surface area contributed by atoms with Crippen LogP contribution in [0.4, 0.5) is 0 Å². The van der Waals surface area contributed by atoms with E-state index in [2.05, 4.69) is 63.6 Å². The lowest BCUT2D eigenvalue weighted by atomic mass is 9.83. The van der Waals surface area contributed by atoms with Gasteiger partial charge in [0.15, 0.2) is 0 Å². The Balaban J connectivity index is 0.000000254. The zero-order valence-corrected chi connectivity index (χ0v) is 16.6. The fourth-order valence-electron chi connectivity index (χ4n) is 3.71. The third-order valence-electron chi connectivity index (χ3n) is 5.34. The lowest BCUT2D eigenvalue weighted by Crippen LogP contribution is -2.35. The van der Waals surface area contributed by atoms with E-state index < -0.39 is 0 Å². The van der Waals surface area contributed by atoms with Gasteiger partial charge in [-0.05, 0) is 69.2 Å². The Kier molecular flexibility index (Phi) is 10.7. The molecule has 136 valence electrons. The average molecular weight is 330 g/mol. The molecule has 0 saturated heterocycles. The first kappa shape index (κ1) is 21.0. The van der Waals surface area contributed by atoms with Crippen molar-refractivity contribution in [2.75, 3.05) is 13.6 Å². The van der Waals surface area contributed by atoms with E-state index in [1.807, 2.05) is 6.08 Å². The van der Waals surface area contributed by atoms with Gasteiger partial charge in [0.2, 0.25) is 0 Å². The maximum atomic E-state index is 3.69. The van der Waals surface area contributed by atoms with Crippen molar-refractivity contribution in [1.29, 1.82) is 0 Å². The van der Waals surface area contributed by atoms with Crippen LogP contribution in [0.3, 0.4) is 0 Å². The van der Waals surface area contributed by atoms with Gasteiger partial charge in [0.05, 0.1) is 0 Å². The molecule has 0 N–H and O–H groups in total. The third-order valence-corrected chi connectivity index (χ3v) is 5.34. The van der Waals surface area contributed by atoms with E-state index >= 15 is 0 Å². The summed E-state index contributed by atoms with van der Waals surface area (Å²) >= 11 is 0. The predicted molar refractivity (Wildman–Crippen MR) is 109 cm³/mol. The first-order valence-electron chi connectivity index (χ1n) is 10.1. The Bertz CT molecular complexity index is 426. The van der Waals surface area contributed by atoms with Gasteiger partial charge < -0.3 is 4.90 Å². The van der Waals surface area contributed by atoms with Gasteiger partial charge in [-0.25, -0.2) is 0 Å². The van der Waals surface area contributed by atoms with Gasteiger partial charge in [0, 0.05) is 6.04 Å². The Morgan fingerprint density at radius 1 is 1.00 bits per heavy atom. The van der Waals surface area contributed by atoms with Crippen molar-refractivity contribution in [2.45, 2.75) is 78.2 Å². The van der Waals surface area contributed by atoms with Crippen LogP contribution in [0.5, 0.6) is 0 Å². The smallest absolute Gasteiger partial charge is 0.00924 e. The SMILES string of the molecule is C=Cc1ccc(CC)cc1.CCCC1CCC(N(C)CCC)CC1. The first-order chi connectivity index (χ1) is 11.6. The summed E-state index contributed by atoms with van der Waals surface area (Å²) in [5, 5.41) is 0. The van der Waals surface area contributed by atoms with Crippen LogP contribution >= 0.6 is 0 Å². The van der Waals surface area contributed by atoms with Crippen LogP contribution in [0.25, 0.3) is 6.08 Å². The summed E-state index contributed by atoms with van der Waals surface area (Å²) < 4.78 is 0. The molecule has 1 saturated carbocycles. The molecule has 1 aromatic rings. The molecule has 0 unspecified atom stereocenters. The molecule has 1 aromatic carbocycles. The highest BCUT2D eigenvalue weighted by molar-refractivity contribution is 5.47. The van der Waals surface area contributed by atoms with Crippen molar-refractivity contribution < 1.29 is 0 Å². The molecule has 1 heteroatoms. The summed E-state index contributed by atoms with van der Waals surface area (Å²) in [6, 6.07) is 9.34. The number of rotatable bonds is 7. The van der Waals surface area contributed by atoms with Crippen LogP contribution in [-0.2, 0) is 6.42 Å². The molecule has 1 aliphatic rings. The van der Waals surface area contributed by atoms with Crippen molar-refractivity contribution in [1.82, 2.24) is 4.90 Å². The molecule has 1 nitrogen and oxygen atoms in total. The van der Waals surface area contributed by atoms with E-state index in [-0.39, 0.29) is 0 Å². The summed E-state index contributed by atoms with van der Waals surface area (Å²) in [6.45, 7) is 11.7. The fourth-order valence-corrected chi connectivity index (χ4v) is 3.71. The molecule has 1 fully saturated rings. The van der Waals surface area contributed by atoms with E-state index in [0.29, 0.717) is 0 Å². The largest absolute Gasteiger partial charge is 0.303 e. The van der Waals surface area contributed by atoms with Crippen LogP contribution in [0.2, 0.25) is 0 Å². The highest BCUT2D eigenvalue weighted by Crippen LogP contribution is 2.29. The van der Waals surface area contributed by atoms with Crippen LogP contribution in [-0.4, -0.2) is 24.5 Å². The molecule has 0 aromatic heterocycles. The van der Waals surface area contributed by atoms with Crippen molar-refractivity contribution in [3.8, 4) is 0 Å². The molecule has 0 radical (unpaired) electrons. The number of hydrogen-bond acceptors (Lipinski definition) is 1. The minimum absolute atomic E-state index is 0.892. The number of aryl methyl sites for hydroxylation is 1. The maximum absolute atomic E-state index is 3.69. The van der Waals surface area contributed by atoms with E-state index in [4.69, 9.17) is 0 Å². The van der Waals surface area contributed by atoms with Crippen LogP contribution in [0, 0.1) is 5.92 Å². The second kappa shape index (κ2) is 12.3. The second-order valence-corrected chi connectivity index (χ2v) is 7.24. The minimum atomic E-state index is 0.892. The van der Waals surface area contributed by atoms with Crippen molar-refractivity contribution in [2.24, 2.45) is 5.92 Å². The summed E-state index contributed by atoms with van der Waals surface area (Å²) in [6.07, 6.45) is 13.0. The first-order valence-corrected chi connectivity index (χ1v) is 10.1. The molecule has 0 atom stereocenters. The molecule has 0 heterocycles. The van der Waals surface area contributed by atoms with Gasteiger partial charge in [-0.2, -0.15) is 0 Å². The molecule has 0 aliphatic heterocycles. The van der Waals surface area contributed by atoms with Crippen LogP contribution in [0.15, 0.2) is 30.8 Å². The van der Waals surface area contributed by atoms with Crippen LogP contribution in [0.1, 0.15) is 76.8 Å². The summed E-state index contributed by atoms with van der Waals surface area (Å²) in [7, 11) is 2.30. The Morgan fingerprint density at radius 2 is 1.62 bits per heavy atom. The van der Waals surface area contributed by atoms with E-state index in [1.54, 1.807) is 0 Å². The predicted octanol–water partition coefficient (Wildman–Crippen LogP) is 6.58. The molecule has 1 aliphatic carbocycles. The number of hydrogen-bond donors (Lipinski definition) is 0. The zero-order valence-electron chi connectivity index (χ0n) is 16.6. The monoisotopic (exact) mass is 329 g/mol. The highest BCUT2D eigenvalue weighted by atomic mass is 15.1. The quantitative estimate of drug-likeness (QED) is 0.546. The topological polar surface area (TPSA) is 3.24 Å². The summed E-state index contributed by atoms with van der Waals surface area (Å²) in [5.41, 5.74) is 2.57. The van der Waals surface area contributed by atoms with E-state index in [0.717, 1.165) is 18.4 Å². The second-order valence-electron chi connectivity index (χ2n) is 7.24. The van der Waals surface area contributed by atoms with E-state index in [9.17, 15) is 0 Å². The number of benzene rings is 1. The molecular weight excluding hydrogens is 290 g/mol. The Morgan fingerprint density at radius 3 is 2.08 bits per heavy atom. The number of nitrogens with zero attached hydrogens (tertiary/aromatic N) is 1. The average Bonchev–Trinajstić information content (AvgIpc) is 2.63. The Labute approximate surface area is 151 Å². The molecule has 0 bridgehead atoms. The van der Waals surface area contributed by atoms with Gasteiger partial charge in [-0.1, -0.05) is 70.5 Å². The maximum Gasteiger partial charge on any atom is 0.00924 e. The van der Waals surface area contributed by atoms with Crippen molar-refractivity contribution in [3.63, 3.8) is 0 Å². The zero-order chi connectivity index (χ0) is 17.8. The van der Waals surface area contributed by atoms with Gasteiger partial charge >= 0.3 is 0 Å². The molecule has 0 amide bonds.